The number of allylic oxidation sites excluding steroid dienone is 2. The highest BCUT2D eigenvalue weighted by atomic mass is 16.7. The van der Waals surface area contributed by atoms with Gasteiger partial charge in [0, 0.05) is 31.5 Å². The minimum atomic E-state index is -2.23. The van der Waals surface area contributed by atoms with Crippen LogP contribution in [0.2, 0.25) is 0 Å². The summed E-state index contributed by atoms with van der Waals surface area (Å²) in [6, 6.07) is 0. The molecular weight excluding hydrogens is 1260 g/mol. The standard InChI is InChI=1S/C74H116O23/c1-36-18-24-72(35-93-58-51(82)50(81)48(79)43(95-58)33-91-12)28-26-65(5)38(54(72)70(36,10)89)14-16-45-64(4)31-41(78)57(74(34-76,60(85)86)47(64)21-23-68(45,65)8)96-61(87)69(9)46-20-22-67(7)44(63(46,3)30-40(77)56(69)84)17-15-39-55-71(11,90)37(2)19-25-73(55,29-27-66(39,67)6)62(88)97-59-52(83)53(92-13)49(80)42(32-75)94-59/h14-15,36-37,40-59,75-84,89-90H,16-35H2,1-13H3,(H,85,86)/t36-,37-,40-,41-,42-,43-,44-,45-,46-,47-,48-,49-,50+,51-,52-,53+,54-,55-,56+,57-,58-,59+,63-,64-,65-,66-,67-,68-,69+,70-,71-,72-,73+,74-/m1/s1. The molecule has 550 valence electrons. The first kappa shape index (κ1) is 73.9. The summed E-state index contributed by atoms with van der Waals surface area (Å²) >= 11 is 0. The maximum absolute atomic E-state index is 15.9. The van der Waals surface area contributed by atoms with Crippen LogP contribution in [0.4, 0.5) is 0 Å². The molecule has 12 rings (SSSR count). The number of fused-ring (bicyclic) bond motifs is 14. The van der Waals surface area contributed by atoms with Crippen molar-refractivity contribution in [2.24, 2.45) is 101 Å². The largest absolute Gasteiger partial charge is 0.481 e. The minimum Gasteiger partial charge on any atom is -0.481 e. The molecule has 34 atom stereocenters. The second kappa shape index (κ2) is 24.7. The van der Waals surface area contributed by atoms with E-state index in [0.717, 1.165) is 11.1 Å². The fraction of sp³-hybridized carbons (Fsp3) is 0.905. The normalized spacial score (nSPS) is 56.2. The highest BCUT2D eigenvalue weighted by molar-refractivity contribution is 5.82. The molecule has 12 aliphatic rings. The Morgan fingerprint density at radius 2 is 1.11 bits per heavy atom. The van der Waals surface area contributed by atoms with Gasteiger partial charge in [0.05, 0.1) is 66.8 Å². The molecule has 10 fully saturated rings. The fourth-order valence-corrected chi connectivity index (χ4v) is 25.6. The van der Waals surface area contributed by atoms with E-state index in [-0.39, 0.29) is 62.6 Å². The predicted octanol–water partition coefficient (Wildman–Crippen LogP) is 4.23. The Kier molecular flexibility index (Phi) is 18.8. The third kappa shape index (κ3) is 9.95. The summed E-state index contributed by atoms with van der Waals surface area (Å²) in [6.07, 6.45) is -9.20. The number of carbonyl (C=O) groups is 3. The monoisotopic (exact) mass is 1370 g/mol. The molecule has 10 aliphatic carbocycles. The zero-order valence-electron chi connectivity index (χ0n) is 59.4. The van der Waals surface area contributed by atoms with Crippen LogP contribution in [-0.4, -0.2) is 222 Å². The summed E-state index contributed by atoms with van der Waals surface area (Å²) in [4.78, 5) is 45.6. The van der Waals surface area contributed by atoms with Gasteiger partial charge < -0.3 is 99.5 Å². The summed E-state index contributed by atoms with van der Waals surface area (Å²) in [5.74, 6) is -6.71. The number of aliphatic hydroxyl groups is 12. The summed E-state index contributed by atoms with van der Waals surface area (Å²) in [6.45, 7) is 20.6. The second-order valence-corrected chi connectivity index (χ2v) is 35.5. The topological polar surface area (TPSA) is 379 Å². The molecule has 23 nitrogen and oxygen atoms in total. The molecule has 97 heavy (non-hydrogen) atoms. The van der Waals surface area contributed by atoms with E-state index in [2.05, 4.69) is 53.7 Å². The molecule has 23 heteroatoms. The molecule has 0 spiro atoms. The lowest BCUT2D eigenvalue weighted by molar-refractivity contribution is -0.313. The van der Waals surface area contributed by atoms with Crippen molar-refractivity contribution in [3.8, 4) is 0 Å². The highest BCUT2D eigenvalue weighted by Gasteiger charge is 2.78. The van der Waals surface area contributed by atoms with Crippen molar-refractivity contribution in [3.05, 3.63) is 23.3 Å². The molecule has 8 saturated carbocycles. The SMILES string of the molecule is COC[C@H]1O[C@@H](OC[C@]23CC[C@@H](C)[C@@](C)(O)[C@H]2C2=CC[C@@H]4[C@@]5(C)C[C@@H](O)[C@@H](OC(=O)[C@@]6(C)[C@@H]7CC[C@]8(C)[C@H](CC=C9[C@H]%10[C@](C(=O)O[C@@H]%11O[C@H](CO)[C@@H](O)[C@H](OC)[C@H]%11O)(CC[C@@H](C)[C@@]%10(C)O)CC[C@]98C)[C@@]7(C)C[C@@H](O)[C@@H]6O)[C@](CO)(C(=O)O)[C@@H]5CC[C@@]4(C)[C@]2(C)CC3)[C@H](O)[C@@H](O)[C@@H]1O. The summed E-state index contributed by atoms with van der Waals surface area (Å²) < 4.78 is 41.8. The molecule has 2 aliphatic heterocycles. The van der Waals surface area contributed by atoms with Crippen LogP contribution in [0.25, 0.3) is 0 Å². The Balaban J connectivity index is 0.827. The zero-order chi connectivity index (χ0) is 71.1. The average molecular weight is 1370 g/mol. The zero-order valence-corrected chi connectivity index (χ0v) is 59.4. The predicted molar refractivity (Wildman–Crippen MR) is 346 cm³/mol. The van der Waals surface area contributed by atoms with Gasteiger partial charge in [-0.15, -0.1) is 0 Å². The molecule has 13 N–H and O–H groups in total. The lowest BCUT2D eigenvalue weighted by atomic mass is 9.32. The minimum absolute atomic E-state index is 0.00965. The number of rotatable bonds is 13. The van der Waals surface area contributed by atoms with Gasteiger partial charge in [-0.1, -0.05) is 78.7 Å². The number of aliphatic carboxylic acids is 1. The van der Waals surface area contributed by atoms with Gasteiger partial charge in [-0.25, -0.2) is 0 Å². The summed E-state index contributed by atoms with van der Waals surface area (Å²) in [5, 5.41) is 152. The molecular formula is C74H116O23. The van der Waals surface area contributed by atoms with Crippen molar-refractivity contribution < 1.29 is 114 Å². The molecule has 0 bridgehead atoms. The first-order valence-corrected chi connectivity index (χ1v) is 36.3. The van der Waals surface area contributed by atoms with Crippen LogP contribution in [0.3, 0.4) is 0 Å². The van der Waals surface area contributed by atoms with E-state index in [0.29, 0.717) is 77.0 Å². The maximum atomic E-state index is 15.9. The number of carboxylic acid groups (broad SMARTS) is 1. The van der Waals surface area contributed by atoms with Crippen LogP contribution in [0.1, 0.15) is 179 Å². The smallest absolute Gasteiger partial charge is 0.316 e. The Morgan fingerprint density at radius 3 is 1.69 bits per heavy atom. The van der Waals surface area contributed by atoms with Gasteiger partial charge in [-0.3, -0.25) is 14.4 Å². The molecule has 2 heterocycles. The molecule has 0 aromatic heterocycles. The van der Waals surface area contributed by atoms with E-state index in [1.165, 1.54) is 14.2 Å². The van der Waals surface area contributed by atoms with Gasteiger partial charge in [-0.05, 0) is 192 Å². The molecule has 0 radical (unpaired) electrons. The van der Waals surface area contributed by atoms with Crippen LogP contribution in [0.5, 0.6) is 0 Å². The van der Waals surface area contributed by atoms with Crippen LogP contribution in [0.15, 0.2) is 23.3 Å². The lowest BCUT2D eigenvalue weighted by Gasteiger charge is -2.72. The molecule has 0 amide bonds. The number of hydrogen-bond acceptors (Lipinski definition) is 22. The number of methoxy groups -OCH3 is 2. The highest BCUT2D eigenvalue weighted by Crippen LogP contribution is 2.79. The Labute approximate surface area is 571 Å². The number of aliphatic hydroxyl groups excluding tert-OH is 10. The number of ether oxygens (including phenoxy) is 7. The maximum Gasteiger partial charge on any atom is 0.316 e. The third-order valence-electron chi connectivity index (χ3n) is 31.9. The summed E-state index contributed by atoms with van der Waals surface area (Å²) in [5.41, 5.74) is -11.0. The van der Waals surface area contributed by atoms with E-state index in [9.17, 15) is 71.2 Å². The number of carboxylic acids is 1. The van der Waals surface area contributed by atoms with Crippen LogP contribution in [-0.2, 0) is 47.5 Å². The lowest BCUT2D eigenvalue weighted by Crippen LogP contribution is -2.72. The molecule has 0 unspecified atom stereocenters. The van der Waals surface area contributed by atoms with Gasteiger partial charge in [0.25, 0.3) is 0 Å². The Hall–Kier alpha value is -2.79. The molecule has 0 aromatic carbocycles. The van der Waals surface area contributed by atoms with Gasteiger partial charge in [0.2, 0.25) is 6.29 Å². The van der Waals surface area contributed by atoms with E-state index < -0.39 is 206 Å². The van der Waals surface area contributed by atoms with E-state index in [1.54, 1.807) is 13.8 Å². The van der Waals surface area contributed by atoms with Gasteiger partial charge in [0.15, 0.2) is 6.29 Å². The summed E-state index contributed by atoms with van der Waals surface area (Å²) in [7, 11) is 2.73. The first-order valence-electron chi connectivity index (χ1n) is 36.3. The quantitative estimate of drug-likeness (QED) is 0.0906. The van der Waals surface area contributed by atoms with Crippen molar-refractivity contribution >= 4 is 17.9 Å². The van der Waals surface area contributed by atoms with Crippen LogP contribution in [0, 0.1) is 101 Å². The first-order chi connectivity index (χ1) is 45.2. The fourth-order valence-electron chi connectivity index (χ4n) is 25.6. The van der Waals surface area contributed by atoms with Gasteiger partial charge >= 0.3 is 17.9 Å². The van der Waals surface area contributed by atoms with Crippen molar-refractivity contribution in [3.63, 3.8) is 0 Å². The Morgan fingerprint density at radius 1 is 0.567 bits per heavy atom. The van der Waals surface area contributed by atoms with Crippen molar-refractivity contribution in [1.29, 1.82) is 0 Å². The van der Waals surface area contributed by atoms with Crippen LogP contribution < -0.4 is 0 Å². The van der Waals surface area contributed by atoms with Crippen molar-refractivity contribution in [2.75, 3.05) is 40.6 Å². The number of esters is 2. The average Bonchev–Trinajstić information content (AvgIpc) is 0.674. The van der Waals surface area contributed by atoms with Crippen molar-refractivity contribution in [1.82, 2.24) is 0 Å². The second-order valence-electron chi connectivity index (χ2n) is 35.5. The molecule has 2 saturated heterocycles. The van der Waals surface area contributed by atoms with E-state index >= 15 is 9.59 Å². The van der Waals surface area contributed by atoms with Gasteiger partial charge in [-0.2, -0.15) is 0 Å². The number of hydrogen-bond donors (Lipinski definition) is 13. The van der Waals surface area contributed by atoms with Gasteiger partial charge in [0.1, 0.15) is 60.4 Å². The van der Waals surface area contributed by atoms with E-state index in [1.807, 2.05) is 20.8 Å². The van der Waals surface area contributed by atoms with Crippen molar-refractivity contribution in [2.45, 2.75) is 276 Å². The third-order valence-corrected chi connectivity index (χ3v) is 31.9. The Bertz CT molecular complexity index is 3080. The molecule has 0 aromatic rings. The number of carbonyl (C=O) groups excluding carboxylic acids is 2. The van der Waals surface area contributed by atoms with Crippen LogP contribution >= 0.6 is 0 Å². The van der Waals surface area contributed by atoms with E-state index in [4.69, 9.17) is 33.2 Å².